The van der Waals surface area contributed by atoms with Crippen LogP contribution in [0.4, 0.5) is 16.2 Å². The van der Waals surface area contributed by atoms with Gasteiger partial charge in [-0.05, 0) is 103 Å². The number of fused-ring (bicyclic) bond motifs is 1. The molecule has 1 aliphatic heterocycles. The zero-order valence-corrected chi connectivity index (χ0v) is 21.0. The summed E-state index contributed by atoms with van der Waals surface area (Å²) in [6, 6.07) is 14.2. The van der Waals surface area contributed by atoms with Gasteiger partial charge in [-0.15, -0.1) is 11.3 Å². The number of anilines is 2. The minimum atomic E-state index is -0.189. The molecule has 2 aromatic carbocycles. The van der Waals surface area contributed by atoms with Crippen LogP contribution in [0.5, 0.6) is 0 Å². The van der Waals surface area contributed by atoms with Crippen molar-refractivity contribution in [2.24, 2.45) is 0 Å². The molecule has 176 valence electrons. The highest BCUT2D eigenvalue weighted by Crippen LogP contribution is 2.38. The molecule has 2 N–H and O–H groups in total. The van der Waals surface area contributed by atoms with Gasteiger partial charge in [0, 0.05) is 16.1 Å². The van der Waals surface area contributed by atoms with Gasteiger partial charge >= 0.3 is 6.03 Å². The van der Waals surface area contributed by atoms with E-state index in [2.05, 4.69) is 59.9 Å². The van der Waals surface area contributed by atoms with E-state index < -0.39 is 0 Å². The zero-order valence-electron chi connectivity index (χ0n) is 20.2. The molecule has 3 aromatic rings. The minimum absolute atomic E-state index is 0.189. The van der Waals surface area contributed by atoms with E-state index in [0.717, 1.165) is 17.8 Å². The summed E-state index contributed by atoms with van der Waals surface area (Å²) >= 11 is 1.82. The first-order chi connectivity index (χ1) is 16.1. The highest BCUT2D eigenvalue weighted by atomic mass is 32.1. The first-order valence-electron chi connectivity index (χ1n) is 12.5. The lowest BCUT2D eigenvalue weighted by atomic mass is 9.89. The van der Waals surface area contributed by atoms with Crippen LogP contribution in [0.15, 0.2) is 47.8 Å². The summed E-state index contributed by atoms with van der Waals surface area (Å²) in [5.41, 5.74) is 4.37. The van der Waals surface area contributed by atoms with Crippen molar-refractivity contribution in [3.05, 3.63) is 59.0 Å². The molecule has 4 rings (SSSR count). The number of carbonyl (C=O) groups is 1. The van der Waals surface area contributed by atoms with Gasteiger partial charge in [-0.25, -0.2) is 4.79 Å². The predicted octanol–water partition coefficient (Wildman–Crippen LogP) is 8.04. The highest BCUT2D eigenvalue weighted by Gasteiger charge is 2.23. The van der Waals surface area contributed by atoms with Crippen LogP contribution in [0, 0.1) is 0 Å². The Morgan fingerprint density at radius 1 is 1.12 bits per heavy atom. The van der Waals surface area contributed by atoms with Crippen molar-refractivity contribution in [3.8, 4) is 0 Å². The van der Waals surface area contributed by atoms with Crippen LogP contribution in [0.3, 0.4) is 0 Å². The van der Waals surface area contributed by atoms with Crippen LogP contribution in [0.1, 0.15) is 75.8 Å². The largest absolute Gasteiger partial charge is 0.323 e. The Bertz CT molecular complexity index is 1070. The van der Waals surface area contributed by atoms with Gasteiger partial charge in [0.1, 0.15) is 0 Å². The summed E-state index contributed by atoms with van der Waals surface area (Å²) in [6.07, 6.45) is 6.04. The second kappa shape index (κ2) is 11.2. The fourth-order valence-electron chi connectivity index (χ4n) is 4.84. The van der Waals surface area contributed by atoms with Gasteiger partial charge in [-0.3, -0.25) is 0 Å². The van der Waals surface area contributed by atoms with Gasteiger partial charge in [0.25, 0.3) is 0 Å². The third-order valence-corrected chi connectivity index (χ3v) is 8.05. The second-order valence-electron chi connectivity index (χ2n) is 9.35. The maximum Gasteiger partial charge on any atom is 0.323 e. The van der Waals surface area contributed by atoms with E-state index in [1.54, 1.807) is 0 Å². The molecule has 1 atom stereocenters. The average molecular weight is 464 g/mol. The summed E-state index contributed by atoms with van der Waals surface area (Å²) in [5.74, 6) is 1.02. The summed E-state index contributed by atoms with van der Waals surface area (Å²) in [5, 5.41) is 9.76. The van der Waals surface area contributed by atoms with E-state index in [1.165, 1.54) is 66.5 Å². The monoisotopic (exact) mass is 463 g/mol. The van der Waals surface area contributed by atoms with Gasteiger partial charge in [0.2, 0.25) is 0 Å². The highest BCUT2D eigenvalue weighted by molar-refractivity contribution is 7.17. The molecule has 5 heteroatoms. The quantitative estimate of drug-likeness (QED) is 0.355. The number of hydrogen-bond acceptors (Lipinski definition) is 3. The number of piperidine rings is 1. The number of unbranched alkanes of at least 4 members (excludes halogenated alkanes) is 1. The number of amides is 2. The molecule has 4 nitrogen and oxygen atoms in total. The van der Waals surface area contributed by atoms with Gasteiger partial charge in [-0.1, -0.05) is 45.4 Å². The molecule has 2 amide bonds. The van der Waals surface area contributed by atoms with Crippen molar-refractivity contribution in [1.82, 2.24) is 4.90 Å². The average Bonchev–Trinajstić information content (AvgIpc) is 3.26. The topological polar surface area (TPSA) is 44.4 Å². The number of rotatable bonds is 8. The summed E-state index contributed by atoms with van der Waals surface area (Å²) in [6.45, 7) is 10.2. The smallest absolute Gasteiger partial charge is 0.308 e. The number of nitrogens with one attached hydrogen (secondary N) is 2. The number of thiophene rings is 1. The van der Waals surface area contributed by atoms with Crippen molar-refractivity contribution < 1.29 is 4.79 Å². The third-order valence-electron chi connectivity index (χ3n) is 7.07. The first kappa shape index (κ1) is 23.8. The molecule has 0 bridgehead atoms. The molecule has 1 saturated heterocycles. The number of para-hydroxylation sites is 1. The number of benzene rings is 2. The van der Waals surface area contributed by atoms with Crippen molar-refractivity contribution in [2.75, 3.05) is 30.3 Å². The molecule has 33 heavy (non-hydrogen) atoms. The van der Waals surface area contributed by atoms with Crippen molar-refractivity contribution in [1.29, 1.82) is 0 Å². The lowest BCUT2D eigenvalue weighted by Gasteiger charge is -2.32. The van der Waals surface area contributed by atoms with Gasteiger partial charge in [0.05, 0.1) is 0 Å². The summed E-state index contributed by atoms with van der Waals surface area (Å²) in [4.78, 5) is 15.4. The van der Waals surface area contributed by atoms with Gasteiger partial charge in [0.15, 0.2) is 0 Å². The maximum absolute atomic E-state index is 12.8. The first-order valence-corrected chi connectivity index (χ1v) is 13.4. The van der Waals surface area contributed by atoms with Crippen LogP contribution < -0.4 is 10.6 Å². The van der Waals surface area contributed by atoms with Crippen LogP contribution in [0.2, 0.25) is 0 Å². The Balaban J connectivity index is 1.44. The molecule has 1 aromatic heterocycles. The van der Waals surface area contributed by atoms with Crippen LogP contribution in [-0.4, -0.2) is 30.6 Å². The minimum Gasteiger partial charge on any atom is -0.308 e. The Morgan fingerprint density at radius 2 is 1.91 bits per heavy atom. The molecule has 1 aliphatic rings. The zero-order chi connectivity index (χ0) is 23.2. The Morgan fingerprint density at radius 3 is 2.67 bits per heavy atom. The lowest BCUT2D eigenvalue weighted by Crippen LogP contribution is -2.33. The molecular weight excluding hydrogens is 426 g/mol. The van der Waals surface area contributed by atoms with E-state index in [-0.39, 0.29) is 6.03 Å². The molecule has 1 fully saturated rings. The molecule has 0 radical (unpaired) electrons. The van der Waals surface area contributed by atoms with E-state index in [9.17, 15) is 4.79 Å². The Kier molecular flexibility index (Phi) is 8.05. The molecule has 0 saturated carbocycles. The van der Waals surface area contributed by atoms with E-state index >= 15 is 0 Å². The number of carbonyl (C=O) groups excluding carboxylic acids is 1. The van der Waals surface area contributed by atoms with Crippen LogP contribution >= 0.6 is 11.3 Å². The Labute approximate surface area is 202 Å². The van der Waals surface area contributed by atoms with Gasteiger partial charge in [-0.2, -0.15) is 0 Å². The Hall–Kier alpha value is -2.37. The predicted molar refractivity (Wildman–Crippen MR) is 143 cm³/mol. The molecule has 1 unspecified atom stereocenters. The van der Waals surface area contributed by atoms with E-state index in [4.69, 9.17) is 0 Å². The molecule has 0 spiro atoms. The summed E-state index contributed by atoms with van der Waals surface area (Å²) in [7, 11) is 0. The third kappa shape index (κ3) is 5.77. The van der Waals surface area contributed by atoms with E-state index in [1.807, 2.05) is 35.6 Å². The van der Waals surface area contributed by atoms with Crippen LogP contribution in [0.25, 0.3) is 10.1 Å². The SMILES string of the molecule is CCCCN1CCC(c2csc3ccc(NC(=O)Nc4ccccc4C(C)CC)cc23)CC1. The number of hydrogen-bond donors (Lipinski definition) is 2. The van der Waals surface area contributed by atoms with Crippen molar-refractivity contribution >= 4 is 38.8 Å². The number of urea groups is 1. The standard InChI is InChI=1S/C28H37N3OS/c1-4-6-15-31-16-13-21(14-17-31)25-19-33-27-12-11-22(18-24(25)27)29-28(32)30-26-10-8-7-9-23(26)20(3)5-2/h7-12,18-21H,4-6,13-17H2,1-3H3,(H2,29,30,32). The fraction of sp³-hybridized carbons (Fsp3) is 0.464. The summed E-state index contributed by atoms with van der Waals surface area (Å²) < 4.78 is 1.30. The van der Waals surface area contributed by atoms with Crippen molar-refractivity contribution in [3.63, 3.8) is 0 Å². The fourth-order valence-corrected chi connectivity index (χ4v) is 5.86. The van der Waals surface area contributed by atoms with Crippen molar-refractivity contribution in [2.45, 2.75) is 64.7 Å². The molecule has 0 aliphatic carbocycles. The normalized spacial score (nSPS) is 16.1. The molecular formula is C28H37N3OS. The molecule has 2 heterocycles. The second-order valence-corrected chi connectivity index (χ2v) is 10.3. The van der Waals surface area contributed by atoms with Gasteiger partial charge < -0.3 is 15.5 Å². The van der Waals surface area contributed by atoms with E-state index in [0.29, 0.717) is 11.8 Å². The number of likely N-dealkylation sites (tertiary alicyclic amines) is 1. The number of nitrogens with zero attached hydrogens (tertiary/aromatic N) is 1. The van der Waals surface area contributed by atoms with Crippen LogP contribution in [-0.2, 0) is 0 Å². The lowest BCUT2D eigenvalue weighted by molar-refractivity contribution is 0.210. The maximum atomic E-state index is 12.8.